The molecule has 4 amide bonds. The SMILES string of the molecule is O=C(c1ccc2nsnc2c1)N1CC[C@H](N2C(=O)CNC2=O)C1. The highest BCUT2D eigenvalue weighted by atomic mass is 32.1. The molecule has 1 N–H and O–H groups in total. The Bertz CT molecular complexity index is 804. The van der Waals surface area contributed by atoms with Crippen LogP contribution in [-0.2, 0) is 4.79 Å². The Balaban J connectivity index is 1.51. The molecule has 2 aliphatic heterocycles. The summed E-state index contributed by atoms with van der Waals surface area (Å²) in [5, 5.41) is 2.51. The van der Waals surface area contributed by atoms with Gasteiger partial charge < -0.3 is 10.2 Å². The van der Waals surface area contributed by atoms with Crippen LogP contribution in [0.2, 0.25) is 0 Å². The average molecular weight is 331 g/mol. The first-order valence-electron chi connectivity index (χ1n) is 7.25. The molecule has 0 bridgehead atoms. The van der Waals surface area contributed by atoms with Crippen LogP contribution in [-0.4, -0.2) is 62.1 Å². The van der Waals surface area contributed by atoms with Crippen molar-refractivity contribution >= 4 is 40.6 Å². The molecule has 8 nitrogen and oxygen atoms in total. The normalized spacial score (nSPS) is 21.3. The molecule has 0 aliphatic carbocycles. The Morgan fingerprint density at radius 2 is 2.09 bits per heavy atom. The lowest BCUT2D eigenvalue weighted by Crippen LogP contribution is -2.42. The van der Waals surface area contributed by atoms with E-state index in [0.717, 1.165) is 17.2 Å². The fourth-order valence-electron chi connectivity index (χ4n) is 3.04. The van der Waals surface area contributed by atoms with E-state index in [1.807, 2.05) is 0 Å². The van der Waals surface area contributed by atoms with E-state index in [1.54, 1.807) is 23.1 Å². The number of urea groups is 1. The maximum atomic E-state index is 12.6. The zero-order chi connectivity index (χ0) is 16.0. The first-order valence-corrected chi connectivity index (χ1v) is 7.98. The molecular weight excluding hydrogens is 318 g/mol. The van der Waals surface area contributed by atoms with Crippen LogP contribution in [0.5, 0.6) is 0 Å². The summed E-state index contributed by atoms with van der Waals surface area (Å²) >= 11 is 1.11. The van der Waals surface area contributed by atoms with Crippen LogP contribution in [0.4, 0.5) is 4.79 Å². The van der Waals surface area contributed by atoms with Crippen molar-refractivity contribution < 1.29 is 14.4 Å². The first-order chi connectivity index (χ1) is 11.1. The number of benzene rings is 1. The summed E-state index contributed by atoms with van der Waals surface area (Å²) in [5.74, 6) is -0.348. The number of nitrogens with zero attached hydrogens (tertiary/aromatic N) is 4. The minimum atomic E-state index is -0.371. The lowest BCUT2D eigenvalue weighted by molar-refractivity contribution is -0.126. The van der Waals surface area contributed by atoms with Crippen LogP contribution in [0.25, 0.3) is 11.0 Å². The Morgan fingerprint density at radius 1 is 1.26 bits per heavy atom. The topological polar surface area (TPSA) is 95.5 Å². The predicted molar refractivity (Wildman–Crippen MR) is 82.0 cm³/mol. The molecule has 1 atom stereocenters. The zero-order valence-electron chi connectivity index (χ0n) is 12.1. The molecule has 3 heterocycles. The number of carbonyl (C=O) groups is 3. The zero-order valence-corrected chi connectivity index (χ0v) is 12.9. The van der Waals surface area contributed by atoms with Gasteiger partial charge in [-0.3, -0.25) is 14.5 Å². The third-order valence-corrected chi connectivity index (χ3v) is 4.75. The second-order valence-electron chi connectivity index (χ2n) is 5.58. The largest absolute Gasteiger partial charge is 0.336 e. The van der Waals surface area contributed by atoms with Gasteiger partial charge in [0, 0.05) is 18.7 Å². The predicted octanol–water partition coefficient (Wildman–Crippen LogP) is 0.458. The van der Waals surface area contributed by atoms with Crippen molar-refractivity contribution in [3.63, 3.8) is 0 Å². The van der Waals surface area contributed by atoms with E-state index in [0.29, 0.717) is 30.6 Å². The molecule has 118 valence electrons. The van der Waals surface area contributed by atoms with Crippen molar-refractivity contribution in [2.24, 2.45) is 0 Å². The summed E-state index contributed by atoms with van der Waals surface area (Å²) in [5.41, 5.74) is 2.01. The Labute approximate surface area is 135 Å². The molecule has 4 rings (SSSR count). The van der Waals surface area contributed by atoms with Crippen LogP contribution in [0, 0.1) is 0 Å². The van der Waals surface area contributed by atoms with Crippen molar-refractivity contribution in [1.82, 2.24) is 23.9 Å². The quantitative estimate of drug-likeness (QED) is 0.807. The highest BCUT2D eigenvalue weighted by molar-refractivity contribution is 7.00. The molecule has 0 radical (unpaired) electrons. The summed E-state index contributed by atoms with van der Waals surface area (Å²) in [6.45, 7) is 0.927. The van der Waals surface area contributed by atoms with Gasteiger partial charge in [0.2, 0.25) is 5.91 Å². The van der Waals surface area contributed by atoms with E-state index in [2.05, 4.69) is 14.1 Å². The minimum absolute atomic E-state index is 0.0385. The number of hydrogen-bond acceptors (Lipinski definition) is 6. The van der Waals surface area contributed by atoms with Gasteiger partial charge in [0.1, 0.15) is 11.0 Å². The van der Waals surface area contributed by atoms with Gasteiger partial charge in [0.25, 0.3) is 5.91 Å². The summed E-state index contributed by atoms with van der Waals surface area (Å²) < 4.78 is 8.25. The van der Waals surface area contributed by atoms with Gasteiger partial charge in [-0.15, -0.1) is 0 Å². The van der Waals surface area contributed by atoms with Crippen LogP contribution in [0.3, 0.4) is 0 Å². The number of rotatable bonds is 2. The van der Waals surface area contributed by atoms with E-state index in [-0.39, 0.29) is 30.4 Å². The number of hydrogen-bond donors (Lipinski definition) is 1. The smallest absolute Gasteiger partial charge is 0.324 e. The molecule has 9 heteroatoms. The van der Waals surface area contributed by atoms with Crippen LogP contribution < -0.4 is 5.32 Å². The molecule has 1 aromatic heterocycles. The van der Waals surface area contributed by atoms with E-state index in [1.165, 1.54) is 4.90 Å². The monoisotopic (exact) mass is 331 g/mol. The highest BCUT2D eigenvalue weighted by Gasteiger charge is 2.39. The summed E-state index contributed by atoms with van der Waals surface area (Å²) in [4.78, 5) is 39.0. The summed E-state index contributed by atoms with van der Waals surface area (Å²) in [7, 11) is 0. The number of nitrogens with one attached hydrogen (secondary N) is 1. The number of amides is 4. The number of imide groups is 1. The van der Waals surface area contributed by atoms with Gasteiger partial charge in [0.05, 0.1) is 24.3 Å². The lowest BCUT2D eigenvalue weighted by Gasteiger charge is -2.21. The van der Waals surface area contributed by atoms with Crippen LogP contribution >= 0.6 is 11.7 Å². The molecule has 2 fully saturated rings. The van der Waals surface area contributed by atoms with Crippen molar-refractivity contribution in [2.75, 3.05) is 19.6 Å². The summed E-state index contributed by atoms with van der Waals surface area (Å²) in [6, 6.07) is 4.61. The minimum Gasteiger partial charge on any atom is -0.336 e. The first kappa shape index (κ1) is 14.1. The van der Waals surface area contributed by atoms with Crippen molar-refractivity contribution in [3.8, 4) is 0 Å². The number of aromatic nitrogens is 2. The van der Waals surface area contributed by atoms with E-state index < -0.39 is 0 Å². The van der Waals surface area contributed by atoms with Crippen molar-refractivity contribution in [3.05, 3.63) is 23.8 Å². The average Bonchev–Trinajstić information content (AvgIpc) is 3.26. The molecule has 2 saturated heterocycles. The molecule has 0 unspecified atom stereocenters. The number of carbonyl (C=O) groups excluding carboxylic acids is 3. The highest BCUT2D eigenvalue weighted by Crippen LogP contribution is 2.21. The number of likely N-dealkylation sites (tertiary alicyclic amines) is 1. The third-order valence-electron chi connectivity index (χ3n) is 4.19. The van der Waals surface area contributed by atoms with Crippen LogP contribution in [0.15, 0.2) is 18.2 Å². The van der Waals surface area contributed by atoms with Gasteiger partial charge in [-0.2, -0.15) is 8.75 Å². The maximum Gasteiger partial charge on any atom is 0.324 e. The van der Waals surface area contributed by atoms with Gasteiger partial charge in [-0.1, -0.05) is 0 Å². The Hall–Kier alpha value is -2.55. The van der Waals surface area contributed by atoms with Gasteiger partial charge in [0.15, 0.2) is 0 Å². The Kier molecular flexibility index (Phi) is 3.22. The van der Waals surface area contributed by atoms with Crippen LogP contribution in [0.1, 0.15) is 16.8 Å². The standard InChI is InChI=1S/C14H13N5O3S/c20-12-6-15-14(22)19(12)9-3-4-18(7-9)13(21)8-1-2-10-11(5-8)17-23-16-10/h1-2,5,9H,3-4,6-7H2,(H,15,22)/t9-/m0/s1. The van der Waals surface area contributed by atoms with Gasteiger partial charge >= 0.3 is 6.03 Å². The fourth-order valence-corrected chi connectivity index (χ4v) is 3.56. The van der Waals surface area contributed by atoms with E-state index >= 15 is 0 Å². The second kappa shape index (κ2) is 5.27. The summed E-state index contributed by atoms with van der Waals surface area (Å²) in [6.07, 6.45) is 0.603. The second-order valence-corrected chi connectivity index (χ2v) is 6.11. The molecule has 1 aromatic carbocycles. The van der Waals surface area contributed by atoms with Crippen molar-refractivity contribution in [1.29, 1.82) is 0 Å². The fraction of sp³-hybridized carbons (Fsp3) is 0.357. The molecule has 23 heavy (non-hydrogen) atoms. The lowest BCUT2D eigenvalue weighted by atomic mass is 10.2. The molecular formula is C14H13N5O3S. The number of fused-ring (bicyclic) bond motifs is 1. The molecule has 0 saturated carbocycles. The third kappa shape index (κ3) is 2.33. The van der Waals surface area contributed by atoms with Crippen molar-refractivity contribution in [2.45, 2.75) is 12.5 Å². The maximum absolute atomic E-state index is 12.6. The van der Waals surface area contributed by atoms with E-state index in [4.69, 9.17) is 0 Å². The molecule has 0 spiro atoms. The van der Waals surface area contributed by atoms with E-state index in [9.17, 15) is 14.4 Å². The molecule has 2 aromatic rings. The van der Waals surface area contributed by atoms with Gasteiger partial charge in [-0.05, 0) is 24.6 Å². The molecule has 2 aliphatic rings. The Morgan fingerprint density at radius 3 is 2.87 bits per heavy atom. The van der Waals surface area contributed by atoms with Gasteiger partial charge in [-0.25, -0.2) is 4.79 Å².